The average Bonchev–Trinajstić information content (AvgIpc) is 3.49. The lowest BCUT2D eigenvalue weighted by atomic mass is 10.1. The summed E-state index contributed by atoms with van der Waals surface area (Å²) in [5.74, 6) is 0. The number of nitrogens with zero attached hydrogens (tertiary/aromatic N) is 2. The van der Waals surface area contributed by atoms with Gasteiger partial charge in [-0.15, -0.1) is 11.3 Å². The van der Waals surface area contributed by atoms with Crippen LogP contribution < -0.4 is 10.6 Å². The molecule has 7 heteroatoms. The Bertz CT molecular complexity index is 786. The second-order valence-electron chi connectivity index (χ2n) is 8.00. The standard InChI is InChI=1S/C23H32N4O2S/c28-23(25-17-21(22-8-5-15-30-22)27-9-3-4-10-27)24-16-19-6-1-2-7-20(19)18-26-11-13-29-14-12-26/h1-2,5-8,15,21H,3-4,9-14,16-18H2,(H2,24,25,28). The molecule has 2 fully saturated rings. The lowest BCUT2D eigenvalue weighted by Gasteiger charge is -2.27. The zero-order chi connectivity index (χ0) is 20.6. The van der Waals surface area contributed by atoms with Gasteiger partial charge < -0.3 is 15.4 Å². The quantitative estimate of drug-likeness (QED) is 0.678. The number of nitrogens with one attached hydrogen (secondary N) is 2. The summed E-state index contributed by atoms with van der Waals surface area (Å²) < 4.78 is 5.45. The van der Waals surface area contributed by atoms with Crippen LogP contribution >= 0.6 is 11.3 Å². The normalized spacial score (nSPS) is 18.9. The molecule has 162 valence electrons. The van der Waals surface area contributed by atoms with Crippen molar-refractivity contribution in [3.8, 4) is 0 Å². The maximum Gasteiger partial charge on any atom is 0.315 e. The van der Waals surface area contributed by atoms with Gasteiger partial charge in [0.05, 0.1) is 19.3 Å². The summed E-state index contributed by atoms with van der Waals surface area (Å²) in [4.78, 5) is 18.8. The zero-order valence-corrected chi connectivity index (χ0v) is 18.3. The topological polar surface area (TPSA) is 56.8 Å². The van der Waals surface area contributed by atoms with Crippen LogP contribution in [0.2, 0.25) is 0 Å². The molecule has 2 N–H and O–H groups in total. The van der Waals surface area contributed by atoms with Gasteiger partial charge in [0.2, 0.25) is 0 Å². The third kappa shape index (κ3) is 5.82. The minimum absolute atomic E-state index is 0.100. The molecule has 2 aliphatic heterocycles. The maximum absolute atomic E-state index is 12.5. The van der Waals surface area contributed by atoms with Crippen LogP contribution in [0.25, 0.3) is 0 Å². The molecule has 0 saturated carbocycles. The number of hydrogen-bond acceptors (Lipinski definition) is 5. The van der Waals surface area contributed by atoms with E-state index in [0.717, 1.165) is 45.9 Å². The number of urea groups is 1. The number of likely N-dealkylation sites (tertiary alicyclic amines) is 1. The van der Waals surface area contributed by atoms with E-state index in [9.17, 15) is 4.79 Å². The zero-order valence-electron chi connectivity index (χ0n) is 17.5. The van der Waals surface area contributed by atoms with Crippen LogP contribution in [-0.4, -0.2) is 61.8 Å². The van der Waals surface area contributed by atoms with Crippen molar-refractivity contribution >= 4 is 17.4 Å². The molecule has 2 saturated heterocycles. The third-order valence-corrected chi connectivity index (χ3v) is 6.94. The summed E-state index contributed by atoms with van der Waals surface area (Å²) in [6.07, 6.45) is 2.49. The molecule has 1 unspecified atom stereocenters. The fraction of sp³-hybridized carbons (Fsp3) is 0.522. The number of hydrogen-bond donors (Lipinski definition) is 2. The van der Waals surface area contributed by atoms with Crippen LogP contribution in [0.3, 0.4) is 0 Å². The Labute approximate surface area is 183 Å². The number of morpholine rings is 1. The van der Waals surface area contributed by atoms with E-state index in [0.29, 0.717) is 13.1 Å². The van der Waals surface area contributed by atoms with E-state index < -0.39 is 0 Å². The SMILES string of the molecule is O=C(NCc1ccccc1CN1CCOCC1)NCC(c1cccs1)N1CCCC1. The molecule has 6 nitrogen and oxygen atoms in total. The van der Waals surface area contributed by atoms with Gasteiger partial charge in [-0.05, 0) is 48.5 Å². The Hall–Kier alpha value is -1.93. The van der Waals surface area contributed by atoms with Gasteiger partial charge in [-0.1, -0.05) is 30.3 Å². The minimum atomic E-state index is -0.100. The van der Waals surface area contributed by atoms with Crippen molar-refractivity contribution in [1.29, 1.82) is 0 Å². The molecular weight excluding hydrogens is 396 g/mol. The van der Waals surface area contributed by atoms with E-state index in [2.05, 4.69) is 56.1 Å². The van der Waals surface area contributed by atoms with E-state index in [1.54, 1.807) is 11.3 Å². The van der Waals surface area contributed by atoms with Gasteiger partial charge in [0, 0.05) is 37.6 Å². The van der Waals surface area contributed by atoms with E-state index >= 15 is 0 Å². The Kier molecular flexibility index (Phi) is 7.75. The predicted octanol–water partition coefficient (Wildman–Crippen LogP) is 3.22. The van der Waals surface area contributed by atoms with Crippen LogP contribution in [0.1, 0.15) is 34.9 Å². The van der Waals surface area contributed by atoms with E-state index in [1.807, 2.05) is 6.07 Å². The Morgan fingerprint density at radius 3 is 2.50 bits per heavy atom. The number of amides is 2. The lowest BCUT2D eigenvalue weighted by Crippen LogP contribution is -2.41. The number of ether oxygens (including phenoxy) is 1. The molecule has 1 aromatic heterocycles. The van der Waals surface area contributed by atoms with Gasteiger partial charge in [0.1, 0.15) is 0 Å². The Morgan fingerprint density at radius 1 is 1.00 bits per heavy atom. The van der Waals surface area contributed by atoms with Crippen molar-refractivity contribution in [1.82, 2.24) is 20.4 Å². The number of carbonyl (C=O) groups excluding carboxylic acids is 1. The molecule has 0 aliphatic carbocycles. The van der Waals surface area contributed by atoms with Crippen LogP contribution in [-0.2, 0) is 17.8 Å². The molecule has 0 radical (unpaired) electrons. The highest BCUT2D eigenvalue weighted by Gasteiger charge is 2.24. The second kappa shape index (κ2) is 10.9. The average molecular weight is 429 g/mol. The Balaban J connectivity index is 1.29. The number of rotatable bonds is 8. The second-order valence-corrected chi connectivity index (χ2v) is 8.97. The van der Waals surface area contributed by atoms with Gasteiger partial charge in [-0.2, -0.15) is 0 Å². The molecule has 3 heterocycles. The number of benzene rings is 1. The van der Waals surface area contributed by atoms with Crippen LogP contribution in [0.15, 0.2) is 41.8 Å². The summed E-state index contributed by atoms with van der Waals surface area (Å²) in [5.41, 5.74) is 2.45. The maximum atomic E-state index is 12.5. The molecule has 2 aromatic rings. The van der Waals surface area contributed by atoms with Crippen LogP contribution in [0.5, 0.6) is 0 Å². The van der Waals surface area contributed by atoms with Crippen molar-refractivity contribution in [2.45, 2.75) is 32.0 Å². The van der Waals surface area contributed by atoms with Crippen LogP contribution in [0.4, 0.5) is 4.79 Å². The van der Waals surface area contributed by atoms with E-state index in [1.165, 1.54) is 28.8 Å². The molecule has 0 spiro atoms. The first kappa shape index (κ1) is 21.3. The van der Waals surface area contributed by atoms with Gasteiger partial charge in [0.15, 0.2) is 0 Å². The molecule has 1 aromatic carbocycles. The van der Waals surface area contributed by atoms with Gasteiger partial charge in [0.25, 0.3) is 0 Å². The van der Waals surface area contributed by atoms with Crippen molar-refractivity contribution in [3.63, 3.8) is 0 Å². The van der Waals surface area contributed by atoms with Crippen molar-refractivity contribution in [2.75, 3.05) is 45.9 Å². The highest BCUT2D eigenvalue weighted by molar-refractivity contribution is 7.10. The summed E-state index contributed by atoms with van der Waals surface area (Å²) in [6.45, 7) is 7.82. The van der Waals surface area contributed by atoms with E-state index in [-0.39, 0.29) is 12.1 Å². The molecule has 2 amide bonds. The van der Waals surface area contributed by atoms with Crippen LogP contribution in [0, 0.1) is 0 Å². The van der Waals surface area contributed by atoms with Gasteiger partial charge in [-0.3, -0.25) is 9.80 Å². The first-order valence-electron chi connectivity index (χ1n) is 11.0. The van der Waals surface area contributed by atoms with Crippen molar-refractivity contribution in [3.05, 3.63) is 57.8 Å². The first-order chi connectivity index (χ1) is 14.8. The van der Waals surface area contributed by atoms with E-state index in [4.69, 9.17) is 4.74 Å². The largest absolute Gasteiger partial charge is 0.379 e. The predicted molar refractivity (Wildman–Crippen MR) is 121 cm³/mol. The highest BCUT2D eigenvalue weighted by Crippen LogP contribution is 2.27. The molecule has 0 bridgehead atoms. The molecule has 2 aliphatic rings. The minimum Gasteiger partial charge on any atom is -0.379 e. The number of thiophene rings is 1. The third-order valence-electron chi connectivity index (χ3n) is 5.96. The molecule has 30 heavy (non-hydrogen) atoms. The lowest BCUT2D eigenvalue weighted by molar-refractivity contribution is 0.0341. The fourth-order valence-electron chi connectivity index (χ4n) is 4.26. The summed E-state index contributed by atoms with van der Waals surface area (Å²) in [5, 5.41) is 8.28. The van der Waals surface area contributed by atoms with Crippen molar-refractivity contribution in [2.24, 2.45) is 0 Å². The van der Waals surface area contributed by atoms with Gasteiger partial charge in [-0.25, -0.2) is 4.79 Å². The monoisotopic (exact) mass is 428 g/mol. The molecule has 4 rings (SSSR count). The summed E-state index contributed by atoms with van der Waals surface area (Å²) >= 11 is 1.77. The van der Waals surface area contributed by atoms with Crippen molar-refractivity contribution < 1.29 is 9.53 Å². The first-order valence-corrected chi connectivity index (χ1v) is 11.8. The smallest absolute Gasteiger partial charge is 0.315 e. The fourth-order valence-corrected chi connectivity index (χ4v) is 5.12. The Morgan fingerprint density at radius 2 is 1.77 bits per heavy atom. The molecular formula is C23H32N4O2S. The molecule has 1 atom stereocenters. The number of carbonyl (C=O) groups is 1. The highest BCUT2D eigenvalue weighted by atomic mass is 32.1. The summed E-state index contributed by atoms with van der Waals surface area (Å²) in [7, 11) is 0. The summed E-state index contributed by atoms with van der Waals surface area (Å²) in [6, 6.07) is 12.8. The van der Waals surface area contributed by atoms with Gasteiger partial charge >= 0.3 is 6.03 Å².